The van der Waals surface area contributed by atoms with E-state index in [1.165, 1.54) is 17.3 Å². The first-order valence-electron chi connectivity index (χ1n) is 6.04. The van der Waals surface area contributed by atoms with E-state index in [2.05, 4.69) is 51.2 Å². The summed E-state index contributed by atoms with van der Waals surface area (Å²) in [6.45, 7) is 9.90. The first-order valence-corrected chi connectivity index (χ1v) is 9.19. The van der Waals surface area contributed by atoms with Gasteiger partial charge in [0.05, 0.1) is 12.0 Å². The van der Waals surface area contributed by atoms with Crippen molar-refractivity contribution in [3.63, 3.8) is 0 Å². The van der Waals surface area contributed by atoms with Crippen LogP contribution in [0.2, 0.25) is 0 Å². The Balaban J connectivity index is 0.000000160. The Hall–Kier alpha value is 1.01. The third kappa shape index (κ3) is 6.67. The summed E-state index contributed by atoms with van der Waals surface area (Å²) in [7, 11) is 0. The van der Waals surface area contributed by atoms with E-state index in [0.29, 0.717) is 5.44 Å². The topological polar surface area (TPSA) is 9.23 Å². The molecule has 96 valence electrons. The Morgan fingerprint density at radius 2 is 1.38 bits per heavy atom. The smallest absolute Gasteiger partial charge is 0.0999 e. The van der Waals surface area contributed by atoms with E-state index in [-0.39, 0.29) is 0 Å². The second-order valence-electron chi connectivity index (χ2n) is 4.68. The van der Waals surface area contributed by atoms with Crippen molar-refractivity contribution in [2.24, 2.45) is 11.8 Å². The number of rotatable bonds is 0. The van der Waals surface area contributed by atoms with E-state index in [0.717, 1.165) is 23.0 Å². The molecule has 2 aliphatic heterocycles. The van der Waals surface area contributed by atoms with E-state index < -0.39 is 0 Å². The Bertz CT molecular complexity index is 133. The second-order valence-corrected chi connectivity index (χ2v) is 9.06. The van der Waals surface area contributed by atoms with Crippen molar-refractivity contribution in [1.29, 1.82) is 0 Å². The van der Waals surface area contributed by atoms with Gasteiger partial charge in [-0.1, -0.05) is 13.8 Å². The van der Waals surface area contributed by atoms with Crippen LogP contribution in [0, 0.1) is 11.8 Å². The Morgan fingerprint density at radius 3 is 1.75 bits per heavy atom. The Morgan fingerprint density at radius 1 is 0.812 bits per heavy atom. The molecule has 0 radical (unpaired) electrons. The molecule has 0 spiro atoms. The van der Waals surface area contributed by atoms with Gasteiger partial charge in [-0.3, -0.25) is 0 Å². The molecule has 2 aliphatic rings. The van der Waals surface area contributed by atoms with Crippen molar-refractivity contribution in [1.82, 2.24) is 0 Å². The highest BCUT2D eigenvalue weighted by molar-refractivity contribution is 8.17. The van der Waals surface area contributed by atoms with E-state index in [1.807, 2.05) is 11.8 Å². The third-order valence-electron chi connectivity index (χ3n) is 2.46. The van der Waals surface area contributed by atoms with Crippen molar-refractivity contribution in [2.75, 3.05) is 23.9 Å². The SMILES string of the molecule is CC1COC(C)SC1.CC1CSC(C)SC1. The molecule has 0 saturated carbocycles. The first kappa shape index (κ1) is 15.1. The molecule has 0 aromatic heterocycles. The average Bonchev–Trinajstić information content (AvgIpc) is 2.28. The first-order chi connectivity index (χ1) is 7.58. The largest absolute Gasteiger partial charge is 0.368 e. The van der Waals surface area contributed by atoms with Crippen LogP contribution in [0.25, 0.3) is 0 Å². The van der Waals surface area contributed by atoms with Crippen molar-refractivity contribution in [3.05, 3.63) is 0 Å². The summed E-state index contributed by atoms with van der Waals surface area (Å²) in [4.78, 5) is 0. The van der Waals surface area contributed by atoms with E-state index in [9.17, 15) is 0 Å². The molecule has 16 heavy (non-hydrogen) atoms. The molecule has 2 atom stereocenters. The van der Waals surface area contributed by atoms with Gasteiger partial charge < -0.3 is 4.74 Å². The monoisotopic (exact) mass is 280 g/mol. The zero-order valence-electron chi connectivity index (χ0n) is 10.8. The van der Waals surface area contributed by atoms with Crippen LogP contribution in [-0.2, 0) is 4.74 Å². The van der Waals surface area contributed by atoms with Crippen LogP contribution in [0.3, 0.4) is 0 Å². The third-order valence-corrected chi connectivity index (χ3v) is 7.11. The fourth-order valence-corrected chi connectivity index (χ4v) is 4.70. The molecule has 2 rings (SSSR count). The van der Waals surface area contributed by atoms with Crippen LogP contribution in [0.15, 0.2) is 0 Å². The number of hydrogen-bond donors (Lipinski definition) is 0. The minimum atomic E-state index is 0.436. The van der Waals surface area contributed by atoms with Crippen LogP contribution in [-0.4, -0.2) is 33.9 Å². The van der Waals surface area contributed by atoms with Gasteiger partial charge in [0.1, 0.15) is 0 Å². The Kier molecular flexibility index (Phi) is 7.70. The van der Waals surface area contributed by atoms with Crippen molar-refractivity contribution < 1.29 is 4.74 Å². The zero-order valence-corrected chi connectivity index (χ0v) is 13.2. The average molecular weight is 281 g/mol. The maximum Gasteiger partial charge on any atom is 0.0999 e. The predicted molar refractivity (Wildman–Crippen MR) is 80.6 cm³/mol. The lowest BCUT2D eigenvalue weighted by molar-refractivity contribution is 0.0915. The molecule has 0 aliphatic carbocycles. The quantitative estimate of drug-likeness (QED) is 0.658. The molecule has 0 N–H and O–H groups in total. The highest BCUT2D eigenvalue weighted by atomic mass is 32.2. The van der Waals surface area contributed by atoms with E-state index >= 15 is 0 Å². The lowest BCUT2D eigenvalue weighted by Gasteiger charge is -2.22. The van der Waals surface area contributed by atoms with Gasteiger partial charge in [0, 0.05) is 10.3 Å². The van der Waals surface area contributed by atoms with Crippen LogP contribution in [0.1, 0.15) is 27.7 Å². The van der Waals surface area contributed by atoms with Crippen molar-refractivity contribution >= 4 is 35.3 Å². The van der Waals surface area contributed by atoms with Crippen LogP contribution in [0.4, 0.5) is 0 Å². The van der Waals surface area contributed by atoms with E-state index in [1.54, 1.807) is 0 Å². The molecule has 0 amide bonds. The van der Waals surface area contributed by atoms with Gasteiger partial charge in [0.2, 0.25) is 0 Å². The van der Waals surface area contributed by atoms with Gasteiger partial charge >= 0.3 is 0 Å². The fourth-order valence-electron chi connectivity index (χ4n) is 1.39. The van der Waals surface area contributed by atoms with Gasteiger partial charge in [-0.25, -0.2) is 0 Å². The van der Waals surface area contributed by atoms with Crippen molar-refractivity contribution in [3.8, 4) is 0 Å². The number of hydrogen-bond acceptors (Lipinski definition) is 4. The summed E-state index contributed by atoms with van der Waals surface area (Å²) in [5.41, 5.74) is 0.436. The Labute approximate surface area is 113 Å². The van der Waals surface area contributed by atoms with Crippen LogP contribution in [0.5, 0.6) is 0 Å². The lowest BCUT2D eigenvalue weighted by atomic mass is 10.2. The molecule has 0 aromatic rings. The summed E-state index contributed by atoms with van der Waals surface area (Å²) in [6, 6.07) is 0. The minimum Gasteiger partial charge on any atom is -0.368 e. The van der Waals surface area contributed by atoms with Crippen LogP contribution >= 0.6 is 35.3 Å². The molecular weight excluding hydrogens is 256 g/mol. The standard InChI is InChI=1S/C6H12OS.C6H12S2/c2*1-5-3-7-6(2)8-4-5/h2*5-6H,3-4H2,1-2H3. The fraction of sp³-hybridized carbons (Fsp3) is 1.00. The van der Waals surface area contributed by atoms with Crippen molar-refractivity contribution in [2.45, 2.75) is 37.7 Å². The van der Waals surface area contributed by atoms with Gasteiger partial charge in [0.15, 0.2) is 0 Å². The minimum absolute atomic E-state index is 0.436. The molecule has 2 heterocycles. The molecule has 0 bridgehead atoms. The highest BCUT2D eigenvalue weighted by Gasteiger charge is 2.14. The van der Waals surface area contributed by atoms with Gasteiger partial charge in [-0.05, 0) is 37.2 Å². The molecule has 2 unspecified atom stereocenters. The molecule has 2 fully saturated rings. The number of thioether (sulfide) groups is 3. The van der Waals surface area contributed by atoms with Gasteiger partial charge in [0.25, 0.3) is 0 Å². The molecule has 0 aromatic carbocycles. The summed E-state index contributed by atoms with van der Waals surface area (Å²) in [5, 5.41) is 0. The molecular formula is C12H24OS3. The van der Waals surface area contributed by atoms with E-state index in [4.69, 9.17) is 4.74 Å². The lowest BCUT2D eigenvalue weighted by Crippen LogP contribution is -2.20. The highest BCUT2D eigenvalue weighted by Crippen LogP contribution is 2.32. The summed E-state index contributed by atoms with van der Waals surface area (Å²) in [5.74, 6) is 5.71. The van der Waals surface area contributed by atoms with Gasteiger partial charge in [-0.2, -0.15) is 0 Å². The zero-order chi connectivity index (χ0) is 12.0. The maximum absolute atomic E-state index is 5.35. The van der Waals surface area contributed by atoms with Gasteiger partial charge in [-0.15, -0.1) is 35.3 Å². The molecule has 2 saturated heterocycles. The molecule has 4 heteroatoms. The molecule has 1 nitrogen and oxygen atoms in total. The maximum atomic E-state index is 5.35. The predicted octanol–water partition coefficient (Wildman–Crippen LogP) is 4.18. The summed E-state index contributed by atoms with van der Waals surface area (Å²) in [6.07, 6.45) is 0. The normalized spacial score (nSPS) is 39.8. The van der Waals surface area contributed by atoms with Crippen LogP contribution < -0.4 is 0 Å². The summed E-state index contributed by atoms with van der Waals surface area (Å²) < 4.78 is 6.21. The second kappa shape index (κ2) is 8.17. The number of ether oxygens (including phenoxy) is 1. The summed E-state index contributed by atoms with van der Waals surface area (Å²) >= 11 is 6.08.